The number of benzene rings is 1. The Labute approximate surface area is 120 Å². The first kappa shape index (κ1) is 13.8. The lowest BCUT2D eigenvalue weighted by Gasteiger charge is -2.46. The van der Waals surface area contributed by atoms with Crippen LogP contribution in [-0.2, 0) is 6.42 Å². The van der Waals surface area contributed by atoms with E-state index in [0.717, 1.165) is 37.4 Å². The number of halogens is 1. The number of hydrogen-bond acceptors (Lipinski definition) is 3. The topological polar surface area (TPSA) is 24.5 Å². The maximum Gasteiger partial charge on any atom is 0.123 e. The van der Waals surface area contributed by atoms with E-state index in [-0.39, 0.29) is 17.5 Å². The summed E-state index contributed by atoms with van der Waals surface area (Å²) >= 11 is 0. The second-order valence-corrected chi connectivity index (χ2v) is 6.70. The number of nitrogens with zero attached hydrogens (tertiary/aromatic N) is 1. The number of rotatable bonds is 2. The first-order valence-corrected chi connectivity index (χ1v) is 7.37. The smallest absolute Gasteiger partial charge is 0.123 e. The van der Waals surface area contributed by atoms with Crippen LogP contribution in [0.5, 0.6) is 5.75 Å². The van der Waals surface area contributed by atoms with Crippen molar-refractivity contribution < 1.29 is 9.13 Å². The van der Waals surface area contributed by atoms with E-state index in [9.17, 15) is 4.39 Å². The SMILES string of the molecule is CC1CN(CC2Cc3cc(F)ccc3O2)C(C)(C)CN1. The number of piperazine rings is 1. The Morgan fingerprint density at radius 3 is 3.05 bits per heavy atom. The summed E-state index contributed by atoms with van der Waals surface area (Å²) in [4.78, 5) is 2.49. The maximum atomic E-state index is 13.2. The number of ether oxygens (including phenoxy) is 1. The summed E-state index contributed by atoms with van der Waals surface area (Å²) in [5.74, 6) is 0.668. The molecule has 2 atom stereocenters. The normalized spacial score (nSPS) is 29.0. The molecule has 1 aromatic carbocycles. The van der Waals surface area contributed by atoms with Gasteiger partial charge in [0.25, 0.3) is 0 Å². The molecule has 0 aliphatic carbocycles. The number of hydrogen-bond donors (Lipinski definition) is 1. The van der Waals surface area contributed by atoms with Crippen molar-refractivity contribution in [2.75, 3.05) is 19.6 Å². The minimum Gasteiger partial charge on any atom is -0.488 e. The van der Waals surface area contributed by atoms with Gasteiger partial charge in [-0.15, -0.1) is 0 Å². The molecule has 2 heterocycles. The Morgan fingerprint density at radius 1 is 1.45 bits per heavy atom. The lowest BCUT2D eigenvalue weighted by molar-refractivity contribution is 0.0360. The lowest BCUT2D eigenvalue weighted by atomic mass is 9.96. The van der Waals surface area contributed by atoms with Gasteiger partial charge in [0.2, 0.25) is 0 Å². The van der Waals surface area contributed by atoms with Crippen molar-refractivity contribution in [1.29, 1.82) is 0 Å². The van der Waals surface area contributed by atoms with Crippen molar-refractivity contribution in [2.24, 2.45) is 0 Å². The van der Waals surface area contributed by atoms with Crippen molar-refractivity contribution in [1.82, 2.24) is 10.2 Å². The summed E-state index contributed by atoms with van der Waals surface area (Å²) < 4.78 is 19.2. The third-order valence-electron chi connectivity index (χ3n) is 4.42. The minimum atomic E-state index is -0.177. The molecule has 0 saturated carbocycles. The fraction of sp³-hybridized carbons (Fsp3) is 0.625. The van der Waals surface area contributed by atoms with E-state index in [2.05, 4.69) is 31.0 Å². The molecule has 20 heavy (non-hydrogen) atoms. The first-order valence-electron chi connectivity index (χ1n) is 7.37. The van der Waals surface area contributed by atoms with Gasteiger partial charge < -0.3 is 10.1 Å². The van der Waals surface area contributed by atoms with Crippen molar-refractivity contribution in [3.05, 3.63) is 29.6 Å². The Bertz CT molecular complexity index is 503. The highest BCUT2D eigenvalue weighted by atomic mass is 19.1. The Kier molecular flexibility index (Phi) is 3.46. The highest BCUT2D eigenvalue weighted by Gasteiger charge is 2.35. The molecule has 1 N–H and O–H groups in total. The van der Waals surface area contributed by atoms with E-state index in [0.29, 0.717) is 6.04 Å². The number of nitrogens with one attached hydrogen (secondary N) is 1. The molecule has 4 heteroatoms. The maximum absolute atomic E-state index is 13.2. The number of fused-ring (bicyclic) bond motifs is 1. The van der Waals surface area contributed by atoms with Crippen molar-refractivity contribution in [3.8, 4) is 5.75 Å². The van der Waals surface area contributed by atoms with Gasteiger partial charge in [-0.1, -0.05) is 0 Å². The van der Waals surface area contributed by atoms with Gasteiger partial charge in [-0.3, -0.25) is 4.90 Å². The Morgan fingerprint density at radius 2 is 2.25 bits per heavy atom. The molecule has 0 spiro atoms. The Hall–Kier alpha value is -1.13. The second kappa shape index (κ2) is 5.01. The molecule has 3 rings (SSSR count). The highest BCUT2D eigenvalue weighted by molar-refractivity contribution is 5.38. The van der Waals surface area contributed by atoms with E-state index in [4.69, 9.17) is 4.74 Å². The lowest BCUT2D eigenvalue weighted by Crippen LogP contribution is -2.62. The van der Waals surface area contributed by atoms with Gasteiger partial charge in [0.05, 0.1) is 0 Å². The molecule has 0 radical (unpaired) electrons. The monoisotopic (exact) mass is 278 g/mol. The van der Waals surface area contributed by atoms with Gasteiger partial charge in [0.1, 0.15) is 17.7 Å². The van der Waals surface area contributed by atoms with Crippen LogP contribution in [0.4, 0.5) is 4.39 Å². The van der Waals surface area contributed by atoms with Crippen LogP contribution >= 0.6 is 0 Å². The van der Waals surface area contributed by atoms with Gasteiger partial charge in [-0.2, -0.15) is 0 Å². The van der Waals surface area contributed by atoms with Crippen LogP contribution in [0.2, 0.25) is 0 Å². The van der Waals surface area contributed by atoms with Crippen LogP contribution in [0, 0.1) is 5.82 Å². The van der Waals surface area contributed by atoms with Crippen LogP contribution in [0.1, 0.15) is 26.3 Å². The zero-order chi connectivity index (χ0) is 14.3. The third-order valence-corrected chi connectivity index (χ3v) is 4.42. The van der Waals surface area contributed by atoms with E-state index >= 15 is 0 Å². The summed E-state index contributed by atoms with van der Waals surface area (Å²) in [6.45, 7) is 9.64. The molecule has 1 aromatic rings. The first-order chi connectivity index (χ1) is 9.44. The minimum absolute atomic E-state index is 0.135. The zero-order valence-electron chi connectivity index (χ0n) is 12.4. The average molecular weight is 278 g/mol. The molecule has 3 nitrogen and oxygen atoms in total. The predicted molar refractivity (Wildman–Crippen MR) is 77.6 cm³/mol. The van der Waals surface area contributed by atoms with Crippen LogP contribution in [-0.4, -0.2) is 42.2 Å². The molecular weight excluding hydrogens is 255 g/mol. The molecule has 1 saturated heterocycles. The van der Waals surface area contributed by atoms with E-state index in [1.807, 2.05) is 0 Å². The van der Waals surface area contributed by atoms with E-state index in [1.54, 1.807) is 12.1 Å². The Balaban J connectivity index is 1.68. The highest BCUT2D eigenvalue weighted by Crippen LogP contribution is 2.31. The fourth-order valence-corrected chi connectivity index (χ4v) is 3.14. The summed E-state index contributed by atoms with van der Waals surface area (Å²) in [7, 11) is 0. The zero-order valence-corrected chi connectivity index (χ0v) is 12.4. The van der Waals surface area contributed by atoms with Crippen molar-refractivity contribution in [2.45, 2.75) is 44.9 Å². The average Bonchev–Trinajstić information content (AvgIpc) is 2.76. The van der Waals surface area contributed by atoms with Crippen LogP contribution < -0.4 is 10.1 Å². The third kappa shape index (κ3) is 2.67. The quantitative estimate of drug-likeness (QED) is 0.897. The van der Waals surface area contributed by atoms with Gasteiger partial charge in [0, 0.05) is 43.2 Å². The van der Waals surface area contributed by atoms with E-state index < -0.39 is 0 Å². The van der Waals surface area contributed by atoms with Crippen molar-refractivity contribution in [3.63, 3.8) is 0 Å². The van der Waals surface area contributed by atoms with Crippen LogP contribution in [0.15, 0.2) is 18.2 Å². The standard InChI is InChI=1S/C16H23FN2O/c1-11-8-19(16(2,3)10-18-11)9-14-7-12-6-13(17)4-5-15(12)20-14/h4-6,11,14,18H,7-10H2,1-3H3. The summed E-state index contributed by atoms with van der Waals surface area (Å²) in [6.07, 6.45) is 0.943. The largest absolute Gasteiger partial charge is 0.488 e. The molecule has 0 bridgehead atoms. The van der Waals surface area contributed by atoms with Crippen molar-refractivity contribution >= 4 is 0 Å². The van der Waals surface area contributed by atoms with Gasteiger partial charge in [-0.05, 0) is 39.0 Å². The molecule has 0 aromatic heterocycles. The molecule has 1 fully saturated rings. The van der Waals surface area contributed by atoms with Gasteiger partial charge >= 0.3 is 0 Å². The van der Waals surface area contributed by atoms with Gasteiger partial charge in [0.15, 0.2) is 0 Å². The molecule has 110 valence electrons. The predicted octanol–water partition coefficient (Wildman–Crippen LogP) is 2.20. The van der Waals surface area contributed by atoms with Crippen LogP contribution in [0.3, 0.4) is 0 Å². The molecule has 2 unspecified atom stereocenters. The summed E-state index contributed by atoms with van der Waals surface area (Å²) in [6, 6.07) is 5.32. The molecule has 2 aliphatic heterocycles. The fourth-order valence-electron chi connectivity index (χ4n) is 3.14. The second-order valence-electron chi connectivity index (χ2n) is 6.70. The van der Waals surface area contributed by atoms with E-state index in [1.165, 1.54) is 6.07 Å². The van der Waals surface area contributed by atoms with Gasteiger partial charge in [-0.25, -0.2) is 4.39 Å². The molecule has 2 aliphatic rings. The molecular formula is C16H23FN2O. The molecule has 0 amide bonds. The summed E-state index contributed by atoms with van der Waals surface area (Å²) in [5, 5.41) is 3.52. The van der Waals surface area contributed by atoms with Crippen LogP contribution in [0.25, 0.3) is 0 Å². The summed E-state index contributed by atoms with van der Waals surface area (Å²) in [5.41, 5.74) is 1.13.